The van der Waals surface area contributed by atoms with Crippen molar-refractivity contribution in [3.05, 3.63) is 0 Å². The molecule has 0 aliphatic rings. The van der Waals surface area contributed by atoms with Gasteiger partial charge < -0.3 is 5.32 Å². The highest BCUT2D eigenvalue weighted by Crippen LogP contribution is 1.93. The van der Waals surface area contributed by atoms with Gasteiger partial charge in [0.25, 0.3) is 0 Å². The lowest BCUT2D eigenvalue weighted by molar-refractivity contribution is 0.626. The van der Waals surface area contributed by atoms with Crippen LogP contribution in [0, 0.1) is 5.92 Å². The molecule has 0 saturated carbocycles. The van der Waals surface area contributed by atoms with Crippen LogP contribution >= 0.6 is 0 Å². The number of nitrogens with one attached hydrogen (secondary N) is 1. The molecule has 92 valence electrons. The second-order valence-corrected chi connectivity index (χ2v) is 3.30. The summed E-state index contributed by atoms with van der Waals surface area (Å²) in [5.41, 5.74) is 0. The van der Waals surface area contributed by atoms with E-state index in [1.807, 2.05) is 27.9 Å². The van der Waals surface area contributed by atoms with Gasteiger partial charge in [0.2, 0.25) is 0 Å². The van der Waals surface area contributed by atoms with Gasteiger partial charge in [0.15, 0.2) is 0 Å². The first-order chi connectivity index (χ1) is 6.60. The minimum atomic E-state index is 0.884. The van der Waals surface area contributed by atoms with Gasteiger partial charge in [-0.05, 0) is 20.0 Å². The van der Waals surface area contributed by atoms with Gasteiger partial charge in [-0.25, -0.2) is 0 Å². The van der Waals surface area contributed by atoms with E-state index in [9.17, 15) is 0 Å². The van der Waals surface area contributed by atoms with E-state index in [0.717, 1.165) is 5.92 Å². The first kappa shape index (κ1) is 23.6. The zero-order valence-corrected chi connectivity index (χ0v) is 12.2. The third-order valence-corrected chi connectivity index (χ3v) is 1.32. The summed E-state index contributed by atoms with van der Waals surface area (Å²) in [7, 11) is 3.75. The van der Waals surface area contributed by atoms with Gasteiger partial charge in [-0.3, -0.25) is 0 Å². The van der Waals surface area contributed by atoms with Crippen molar-refractivity contribution in [1.82, 2.24) is 5.32 Å². The molecule has 0 fully saturated rings. The zero-order chi connectivity index (χ0) is 12.4. The molecule has 0 atom stereocenters. The maximum atomic E-state index is 2.75. The minimum Gasteiger partial charge on any atom is -0.323 e. The van der Waals surface area contributed by atoms with E-state index < -0.39 is 0 Å². The van der Waals surface area contributed by atoms with Crippen molar-refractivity contribution in [3.8, 4) is 0 Å². The Labute approximate surface area is 93.7 Å². The summed E-state index contributed by atoms with van der Waals surface area (Å²) < 4.78 is 0. The molecule has 0 aromatic carbocycles. The van der Waals surface area contributed by atoms with Crippen LogP contribution in [0.1, 0.15) is 67.7 Å². The topological polar surface area (TPSA) is 12.0 Å². The molecule has 1 N–H and O–H groups in total. The predicted molar refractivity (Wildman–Crippen MR) is 72.0 cm³/mol. The molecule has 0 saturated heterocycles. The zero-order valence-electron chi connectivity index (χ0n) is 12.2. The molecule has 0 aromatic rings. The van der Waals surface area contributed by atoms with Crippen LogP contribution in [-0.2, 0) is 0 Å². The van der Waals surface area contributed by atoms with Crippen molar-refractivity contribution < 1.29 is 0 Å². The molecule has 14 heavy (non-hydrogen) atoms. The van der Waals surface area contributed by atoms with Crippen LogP contribution in [0.25, 0.3) is 0 Å². The summed E-state index contributed by atoms with van der Waals surface area (Å²) in [6.45, 7) is 15.0. The van der Waals surface area contributed by atoms with E-state index in [-0.39, 0.29) is 0 Å². The molecule has 0 spiro atoms. The monoisotopic (exact) mass is 205 g/mol. The van der Waals surface area contributed by atoms with Gasteiger partial charge >= 0.3 is 0 Å². The Kier molecular flexibility index (Phi) is 64.6. The van der Waals surface area contributed by atoms with Crippen LogP contribution in [0.3, 0.4) is 0 Å². The Bertz CT molecular complexity index is 40.5. The highest BCUT2D eigenvalue weighted by Gasteiger charge is 1.80. The first-order valence-corrected chi connectivity index (χ1v) is 6.18. The summed E-state index contributed by atoms with van der Waals surface area (Å²) in [6, 6.07) is 0. The SMILES string of the molecule is CC.CCC(C)C.CCCC.CNC. The van der Waals surface area contributed by atoms with E-state index in [1.165, 1.54) is 19.3 Å². The van der Waals surface area contributed by atoms with E-state index >= 15 is 0 Å². The second-order valence-electron chi connectivity index (χ2n) is 3.30. The maximum absolute atomic E-state index is 2.75. The summed E-state index contributed by atoms with van der Waals surface area (Å²) in [6.07, 6.45) is 3.94. The van der Waals surface area contributed by atoms with Crippen molar-refractivity contribution in [2.75, 3.05) is 14.1 Å². The van der Waals surface area contributed by atoms with Gasteiger partial charge in [0.1, 0.15) is 0 Å². The second kappa shape index (κ2) is 38.3. The molecule has 0 aliphatic carbocycles. The van der Waals surface area contributed by atoms with E-state index in [0.29, 0.717) is 0 Å². The van der Waals surface area contributed by atoms with Crippen LogP contribution in [0.2, 0.25) is 0 Å². The van der Waals surface area contributed by atoms with Crippen LogP contribution in [-0.4, -0.2) is 14.1 Å². The van der Waals surface area contributed by atoms with Crippen molar-refractivity contribution in [2.45, 2.75) is 67.7 Å². The standard InChI is InChI=1S/C5H12.C4H10.C2H7N.C2H6/c1-4-5(2)3;1-3-4-2;1-3-2;1-2/h5H,4H2,1-3H3;3-4H2,1-2H3;3H,1-2H3;1-2H3. The lowest BCUT2D eigenvalue weighted by atomic mass is 10.2. The fraction of sp³-hybridized carbons (Fsp3) is 1.00. The fourth-order valence-corrected chi connectivity index (χ4v) is 0. The average Bonchev–Trinajstić information content (AvgIpc) is 2.22. The molecular formula is C13H35N. The lowest BCUT2D eigenvalue weighted by Gasteiger charge is -1.90. The molecular weight excluding hydrogens is 170 g/mol. The van der Waals surface area contributed by atoms with Crippen molar-refractivity contribution in [1.29, 1.82) is 0 Å². The summed E-state index contributed by atoms with van der Waals surface area (Å²) >= 11 is 0. The Balaban J connectivity index is -0.0000000505. The summed E-state index contributed by atoms with van der Waals surface area (Å²) in [4.78, 5) is 0. The molecule has 1 nitrogen and oxygen atoms in total. The Hall–Kier alpha value is -0.0400. The van der Waals surface area contributed by atoms with Gasteiger partial charge in [-0.2, -0.15) is 0 Å². The maximum Gasteiger partial charge on any atom is -0.0167 e. The molecule has 0 radical (unpaired) electrons. The normalized spacial score (nSPS) is 7.29. The lowest BCUT2D eigenvalue weighted by Crippen LogP contribution is -1.89. The number of hydrogen-bond donors (Lipinski definition) is 1. The quantitative estimate of drug-likeness (QED) is 0.688. The molecule has 0 aromatic heterocycles. The van der Waals surface area contributed by atoms with Crippen LogP contribution < -0.4 is 5.32 Å². The third kappa shape index (κ3) is 164. The molecule has 0 rings (SSSR count). The predicted octanol–water partition coefficient (Wildman–Crippen LogP) is 4.72. The largest absolute Gasteiger partial charge is 0.323 e. The molecule has 0 aliphatic heterocycles. The summed E-state index contributed by atoms with van der Waals surface area (Å²) in [5.74, 6) is 0.884. The van der Waals surface area contributed by atoms with E-state index in [2.05, 4.69) is 39.9 Å². The molecule has 0 unspecified atom stereocenters. The smallest absolute Gasteiger partial charge is 0.0167 e. The highest BCUT2D eigenvalue weighted by atomic mass is 14.7. The molecule has 1 heteroatoms. The average molecular weight is 205 g/mol. The van der Waals surface area contributed by atoms with E-state index in [1.54, 1.807) is 0 Å². The first-order valence-electron chi connectivity index (χ1n) is 6.18. The van der Waals surface area contributed by atoms with Crippen LogP contribution in [0.4, 0.5) is 0 Å². The van der Waals surface area contributed by atoms with Gasteiger partial charge in [-0.15, -0.1) is 0 Å². The molecule has 0 heterocycles. The third-order valence-electron chi connectivity index (χ3n) is 1.32. The minimum absolute atomic E-state index is 0.884. The molecule has 0 bridgehead atoms. The van der Waals surface area contributed by atoms with Gasteiger partial charge in [0, 0.05) is 0 Å². The number of rotatable bonds is 2. The van der Waals surface area contributed by atoms with Crippen LogP contribution in [0.15, 0.2) is 0 Å². The van der Waals surface area contributed by atoms with Gasteiger partial charge in [0.05, 0.1) is 0 Å². The summed E-state index contributed by atoms with van der Waals surface area (Å²) in [5, 5.41) is 2.75. The van der Waals surface area contributed by atoms with Crippen molar-refractivity contribution in [2.24, 2.45) is 5.92 Å². The Morgan fingerprint density at radius 2 is 1.00 bits per heavy atom. The number of hydrogen-bond acceptors (Lipinski definition) is 1. The highest BCUT2D eigenvalue weighted by molar-refractivity contribution is 4.32. The van der Waals surface area contributed by atoms with E-state index in [4.69, 9.17) is 0 Å². The van der Waals surface area contributed by atoms with Crippen LogP contribution in [0.5, 0.6) is 0 Å². The van der Waals surface area contributed by atoms with Gasteiger partial charge in [-0.1, -0.05) is 67.7 Å². The Morgan fingerprint density at radius 1 is 0.857 bits per heavy atom. The van der Waals surface area contributed by atoms with Crippen molar-refractivity contribution >= 4 is 0 Å². The molecule has 0 amide bonds. The van der Waals surface area contributed by atoms with Crippen molar-refractivity contribution in [3.63, 3.8) is 0 Å². The fourth-order valence-electron chi connectivity index (χ4n) is 0. The Morgan fingerprint density at radius 3 is 1.00 bits per heavy atom. The number of unbranched alkanes of at least 4 members (excludes halogenated alkanes) is 1.